The number of carbonyl (C=O) groups excluding carboxylic acids is 1. The summed E-state index contributed by atoms with van der Waals surface area (Å²) in [5, 5.41) is 0. The number of methoxy groups -OCH3 is 1. The Labute approximate surface area is 130 Å². The van der Waals surface area contributed by atoms with Crippen molar-refractivity contribution in [3.8, 4) is 11.1 Å². The second kappa shape index (κ2) is 6.29. The van der Waals surface area contributed by atoms with Crippen molar-refractivity contribution in [2.45, 2.75) is 18.9 Å². The Morgan fingerprint density at radius 1 is 1.19 bits per heavy atom. The highest BCUT2D eigenvalue weighted by Crippen LogP contribution is 2.37. The van der Waals surface area contributed by atoms with Crippen LogP contribution in [0.1, 0.15) is 29.2 Å². The summed E-state index contributed by atoms with van der Waals surface area (Å²) >= 11 is 0. The van der Waals surface area contributed by atoms with Crippen molar-refractivity contribution in [2.75, 3.05) is 7.11 Å². The lowest BCUT2D eigenvalue weighted by Gasteiger charge is -2.12. The summed E-state index contributed by atoms with van der Waals surface area (Å²) in [4.78, 5) is 11.3. The Kier molecular flexibility index (Phi) is 4.66. The molecular weight excluding hydrogens is 286 g/mol. The predicted octanol–water partition coefficient (Wildman–Crippen LogP) is 3.24. The van der Waals surface area contributed by atoms with E-state index in [2.05, 4.69) is 41.1 Å². The van der Waals surface area contributed by atoms with Crippen LogP contribution in [-0.4, -0.2) is 13.1 Å². The number of nitrogens with two attached hydrogens (primary N) is 1. The molecule has 3 nitrogen and oxygen atoms in total. The molecule has 0 spiro atoms. The van der Waals surface area contributed by atoms with Crippen LogP contribution in [0, 0.1) is 0 Å². The van der Waals surface area contributed by atoms with Crippen molar-refractivity contribution in [2.24, 2.45) is 5.73 Å². The van der Waals surface area contributed by atoms with Gasteiger partial charge in [0.1, 0.15) is 0 Å². The first-order chi connectivity index (χ1) is 9.69. The number of halogens is 1. The SMILES string of the molecule is COC(=O)C[C@H](N)c1ccc2c(c1)Cc1ccccc1-2.Cl. The molecule has 1 aliphatic rings. The predicted molar refractivity (Wildman–Crippen MR) is 85.5 cm³/mol. The molecule has 0 saturated carbocycles. The van der Waals surface area contributed by atoms with Crippen molar-refractivity contribution < 1.29 is 9.53 Å². The van der Waals surface area contributed by atoms with Crippen molar-refractivity contribution in [3.05, 3.63) is 59.2 Å². The average molecular weight is 304 g/mol. The lowest BCUT2D eigenvalue weighted by Crippen LogP contribution is -2.16. The maximum atomic E-state index is 11.3. The summed E-state index contributed by atoms with van der Waals surface area (Å²) in [6, 6.07) is 14.3. The fourth-order valence-electron chi connectivity index (χ4n) is 2.78. The van der Waals surface area contributed by atoms with Gasteiger partial charge in [-0.1, -0.05) is 42.5 Å². The lowest BCUT2D eigenvalue weighted by molar-refractivity contribution is -0.141. The van der Waals surface area contributed by atoms with Gasteiger partial charge >= 0.3 is 5.97 Å². The van der Waals surface area contributed by atoms with Gasteiger partial charge in [0.15, 0.2) is 0 Å². The first-order valence-electron chi connectivity index (χ1n) is 6.72. The monoisotopic (exact) mass is 303 g/mol. The van der Waals surface area contributed by atoms with Crippen molar-refractivity contribution in [1.82, 2.24) is 0 Å². The number of hydrogen-bond donors (Lipinski definition) is 1. The summed E-state index contributed by atoms with van der Waals surface area (Å²) in [6.45, 7) is 0. The van der Waals surface area contributed by atoms with E-state index >= 15 is 0 Å². The highest BCUT2D eigenvalue weighted by Gasteiger charge is 2.20. The Morgan fingerprint density at radius 3 is 2.67 bits per heavy atom. The molecule has 110 valence electrons. The molecule has 3 rings (SSSR count). The number of ether oxygens (including phenoxy) is 1. The van der Waals surface area contributed by atoms with Crippen LogP contribution in [0.5, 0.6) is 0 Å². The molecule has 0 bridgehead atoms. The molecule has 0 aliphatic heterocycles. The van der Waals surface area contributed by atoms with Crippen molar-refractivity contribution >= 4 is 18.4 Å². The van der Waals surface area contributed by atoms with Crippen LogP contribution in [0.2, 0.25) is 0 Å². The molecule has 0 amide bonds. The molecule has 2 N–H and O–H groups in total. The van der Waals surface area contributed by atoms with Gasteiger partial charge in [-0.05, 0) is 34.2 Å². The zero-order valence-electron chi connectivity index (χ0n) is 11.8. The van der Waals surface area contributed by atoms with Crippen LogP contribution in [0.15, 0.2) is 42.5 Å². The summed E-state index contributed by atoms with van der Waals surface area (Å²) in [7, 11) is 1.38. The third-order valence-corrected chi connectivity index (χ3v) is 3.86. The third kappa shape index (κ3) is 2.94. The number of hydrogen-bond acceptors (Lipinski definition) is 3. The Morgan fingerprint density at radius 2 is 1.90 bits per heavy atom. The molecular formula is C17H18ClNO2. The van der Waals surface area contributed by atoms with Gasteiger partial charge < -0.3 is 10.5 Å². The minimum Gasteiger partial charge on any atom is -0.469 e. The van der Waals surface area contributed by atoms with Crippen LogP contribution in [0.3, 0.4) is 0 Å². The van der Waals surface area contributed by atoms with E-state index in [9.17, 15) is 4.79 Å². The molecule has 0 saturated heterocycles. The molecule has 0 heterocycles. The summed E-state index contributed by atoms with van der Waals surface area (Å²) in [5.41, 5.74) is 12.3. The van der Waals surface area contributed by atoms with E-state index in [1.165, 1.54) is 29.4 Å². The Bertz CT molecular complexity index is 670. The van der Waals surface area contributed by atoms with E-state index in [0.717, 1.165) is 12.0 Å². The highest BCUT2D eigenvalue weighted by molar-refractivity contribution is 5.85. The van der Waals surface area contributed by atoms with Gasteiger partial charge in [-0.2, -0.15) is 0 Å². The van der Waals surface area contributed by atoms with E-state index in [1.807, 2.05) is 6.07 Å². The van der Waals surface area contributed by atoms with E-state index in [1.54, 1.807) is 0 Å². The maximum absolute atomic E-state index is 11.3. The quantitative estimate of drug-likeness (QED) is 0.756. The Balaban J connectivity index is 0.00000161. The second-order valence-corrected chi connectivity index (χ2v) is 5.14. The fraction of sp³-hybridized carbons (Fsp3) is 0.235. The fourth-order valence-corrected chi connectivity index (χ4v) is 2.78. The molecule has 4 heteroatoms. The van der Waals surface area contributed by atoms with Gasteiger partial charge in [0, 0.05) is 6.04 Å². The zero-order chi connectivity index (χ0) is 14.1. The van der Waals surface area contributed by atoms with E-state index in [-0.39, 0.29) is 30.8 Å². The molecule has 0 radical (unpaired) electrons. The summed E-state index contributed by atoms with van der Waals surface area (Å²) < 4.78 is 4.67. The van der Waals surface area contributed by atoms with Crippen LogP contribution in [0.4, 0.5) is 0 Å². The van der Waals surface area contributed by atoms with Crippen LogP contribution in [0.25, 0.3) is 11.1 Å². The number of fused-ring (bicyclic) bond motifs is 3. The van der Waals surface area contributed by atoms with Gasteiger partial charge in [-0.25, -0.2) is 0 Å². The van der Waals surface area contributed by atoms with Gasteiger partial charge in [-0.15, -0.1) is 12.4 Å². The lowest BCUT2D eigenvalue weighted by atomic mass is 9.98. The number of carbonyl (C=O) groups is 1. The van der Waals surface area contributed by atoms with Gasteiger partial charge in [0.2, 0.25) is 0 Å². The molecule has 2 aromatic carbocycles. The first kappa shape index (κ1) is 15.5. The van der Waals surface area contributed by atoms with Crippen LogP contribution >= 0.6 is 12.4 Å². The van der Waals surface area contributed by atoms with Crippen LogP contribution in [-0.2, 0) is 16.0 Å². The third-order valence-electron chi connectivity index (χ3n) is 3.86. The van der Waals surface area contributed by atoms with E-state index in [0.29, 0.717) is 0 Å². The Hall–Kier alpha value is -1.84. The molecule has 2 aromatic rings. The molecule has 0 fully saturated rings. The molecule has 21 heavy (non-hydrogen) atoms. The molecule has 1 aliphatic carbocycles. The van der Waals surface area contributed by atoms with Crippen molar-refractivity contribution in [3.63, 3.8) is 0 Å². The van der Waals surface area contributed by atoms with Gasteiger partial charge in [0.25, 0.3) is 0 Å². The van der Waals surface area contributed by atoms with Crippen molar-refractivity contribution in [1.29, 1.82) is 0 Å². The van der Waals surface area contributed by atoms with E-state index in [4.69, 9.17) is 5.73 Å². The van der Waals surface area contributed by atoms with Gasteiger partial charge in [-0.3, -0.25) is 4.79 Å². The molecule has 0 aromatic heterocycles. The number of esters is 1. The number of benzene rings is 2. The topological polar surface area (TPSA) is 52.3 Å². The van der Waals surface area contributed by atoms with Crippen LogP contribution < -0.4 is 5.73 Å². The highest BCUT2D eigenvalue weighted by atomic mass is 35.5. The first-order valence-corrected chi connectivity index (χ1v) is 6.72. The molecule has 1 atom stereocenters. The second-order valence-electron chi connectivity index (χ2n) is 5.14. The standard InChI is InChI=1S/C17H17NO2.ClH/c1-20-17(19)10-16(18)12-6-7-15-13(9-12)8-11-4-2-3-5-14(11)15;/h2-7,9,16H,8,10,18H2,1H3;1H/t16-;/m0./s1. The summed E-state index contributed by atoms with van der Waals surface area (Å²) in [5.74, 6) is -0.277. The summed E-state index contributed by atoms with van der Waals surface area (Å²) in [6.07, 6.45) is 1.15. The minimum atomic E-state index is -0.309. The zero-order valence-corrected chi connectivity index (χ0v) is 12.7. The number of rotatable bonds is 3. The average Bonchev–Trinajstić information content (AvgIpc) is 2.84. The normalized spacial score (nSPS) is 12.9. The minimum absolute atomic E-state index is 0. The smallest absolute Gasteiger partial charge is 0.307 e. The maximum Gasteiger partial charge on any atom is 0.307 e. The molecule has 0 unspecified atom stereocenters. The van der Waals surface area contributed by atoms with Gasteiger partial charge in [0.05, 0.1) is 13.5 Å². The van der Waals surface area contributed by atoms with E-state index < -0.39 is 0 Å². The largest absolute Gasteiger partial charge is 0.469 e.